The van der Waals surface area contributed by atoms with Crippen LogP contribution in [0, 0.1) is 0 Å². The van der Waals surface area contributed by atoms with Crippen LogP contribution in [0.25, 0.3) is 10.9 Å². The zero-order valence-corrected chi connectivity index (χ0v) is 13.6. The first-order valence-electron chi connectivity index (χ1n) is 7.30. The van der Waals surface area contributed by atoms with E-state index < -0.39 is 5.97 Å². The van der Waals surface area contributed by atoms with Gasteiger partial charge in [0.25, 0.3) is 5.91 Å². The van der Waals surface area contributed by atoms with Crippen LogP contribution in [0.5, 0.6) is 0 Å². The number of aromatic nitrogens is 2. The number of rotatable bonds is 4. The van der Waals surface area contributed by atoms with Gasteiger partial charge in [-0.2, -0.15) is 0 Å². The average Bonchev–Trinajstić information content (AvgIpc) is 3.01. The number of benzene rings is 1. The number of fused-ring (bicyclic) bond motifs is 1. The van der Waals surface area contributed by atoms with Crippen LogP contribution in [0.2, 0.25) is 5.02 Å². The summed E-state index contributed by atoms with van der Waals surface area (Å²) in [6.45, 7) is 2.00. The van der Waals surface area contributed by atoms with Gasteiger partial charge in [0.15, 0.2) is 0 Å². The quantitative estimate of drug-likeness (QED) is 0.708. The molecule has 2 N–H and O–H groups in total. The maximum atomic E-state index is 12.4. The van der Waals surface area contributed by atoms with E-state index in [1.54, 1.807) is 19.1 Å². The molecular weight excluding hydrogens is 330 g/mol. The Bertz CT molecular complexity index is 920. The van der Waals surface area contributed by atoms with Crippen LogP contribution < -0.4 is 5.32 Å². The molecule has 24 heavy (non-hydrogen) atoms. The number of halogens is 1. The Labute approximate surface area is 142 Å². The number of para-hydroxylation sites is 1. The van der Waals surface area contributed by atoms with Gasteiger partial charge in [0, 0.05) is 11.6 Å². The summed E-state index contributed by atoms with van der Waals surface area (Å²) >= 11 is 6.09. The van der Waals surface area contributed by atoms with E-state index in [9.17, 15) is 9.59 Å². The molecule has 0 fully saturated rings. The zero-order chi connectivity index (χ0) is 17.1. The predicted molar refractivity (Wildman–Crippen MR) is 91.5 cm³/mol. The summed E-state index contributed by atoms with van der Waals surface area (Å²) in [7, 11) is 0. The SMILES string of the molecule is CCOC(=O)c1ccnc(NC(=O)c2cc3cccc(Cl)c3[nH]2)c1. The number of ether oxygens (including phenoxy) is 1. The molecule has 6 nitrogen and oxygen atoms in total. The number of H-pyrrole nitrogens is 1. The molecule has 0 saturated heterocycles. The molecule has 0 unspecified atom stereocenters. The molecule has 1 amide bonds. The van der Waals surface area contributed by atoms with Crippen LogP contribution in [-0.2, 0) is 4.74 Å². The second-order valence-electron chi connectivity index (χ2n) is 4.99. The number of esters is 1. The second-order valence-corrected chi connectivity index (χ2v) is 5.40. The lowest BCUT2D eigenvalue weighted by atomic mass is 10.2. The van der Waals surface area contributed by atoms with Gasteiger partial charge in [-0.3, -0.25) is 4.79 Å². The molecule has 1 aromatic carbocycles. The Morgan fingerprint density at radius 3 is 2.88 bits per heavy atom. The molecule has 7 heteroatoms. The number of nitrogens with zero attached hydrogens (tertiary/aromatic N) is 1. The molecule has 0 aliphatic carbocycles. The number of aromatic amines is 1. The molecular formula is C17H14ClN3O3. The average molecular weight is 344 g/mol. The number of amides is 1. The fourth-order valence-corrected chi connectivity index (χ4v) is 2.49. The number of hydrogen-bond acceptors (Lipinski definition) is 4. The summed E-state index contributed by atoms with van der Waals surface area (Å²) in [4.78, 5) is 31.1. The molecule has 0 saturated carbocycles. The standard InChI is InChI=1S/C17H14ClN3O3/c1-2-24-17(23)11-6-7-19-14(9-11)21-16(22)13-8-10-4-3-5-12(18)15(10)20-13/h3-9,20H,2H2,1H3,(H,19,21,22). The van der Waals surface area contributed by atoms with Gasteiger partial charge < -0.3 is 15.0 Å². The molecule has 3 aromatic rings. The van der Waals surface area contributed by atoms with Gasteiger partial charge in [-0.1, -0.05) is 23.7 Å². The van der Waals surface area contributed by atoms with E-state index in [0.29, 0.717) is 21.8 Å². The monoisotopic (exact) mass is 343 g/mol. The molecule has 2 heterocycles. The minimum Gasteiger partial charge on any atom is -0.462 e. The largest absolute Gasteiger partial charge is 0.462 e. The summed E-state index contributed by atoms with van der Waals surface area (Å²) in [6, 6.07) is 10.1. The van der Waals surface area contributed by atoms with Gasteiger partial charge in [0.1, 0.15) is 11.5 Å². The normalized spacial score (nSPS) is 10.6. The van der Waals surface area contributed by atoms with Crippen molar-refractivity contribution in [3.05, 3.63) is 58.9 Å². The number of nitrogens with one attached hydrogen (secondary N) is 2. The lowest BCUT2D eigenvalue weighted by Gasteiger charge is -2.05. The van der Waals surface area contributed by atoms with Crippen LogP contribution in [0.1, 0.15) is 27.8 Å². The molecule has 0 bridgehead atoms. The maximum Gasteiger partial charge on any atom is 0.338 e. The second kappa shape index (κ2) is 6.72. The van der Waals surface area contributed by atoms with E-state index in [1.807, 2.05) is 12.1 Å². The highest BCUT2D eigenvalue weighted by atomic mass is 35.5. The summed E-state index contributed by atoms with van der Waals surface area (Å²) < 4.78 is 4.93. The van der Waals surface area contributed by atoms with Crippen LogP contribution in [-0.4, -0.2) is 28.5 Å². The van der Waals surface area contributed by atoms with Crippen molar-refractivity contribution in [3.8, 4) is 0 Å². The Morgan fingerprint density at radius 2 is 2.12 bits per heavy atom. The van der Waals surface area contributed by atoms with Crippen molar-refractivity contribution >= 4 is 40.2 Å². The number of pyridine rings is 1. The van der Waals surface area contributed by atoms with Gasteiger partial charge in [0.05, 0.1) is 22.7 Å². The van der Waals surface area contributed by atoms with Crippen LogP contribution >= 0.6 is 11.6 Å². The lowest BCUT2D eigenvalue weighted by Crippen LogP contribution is -2.14. The van der Waals surface area contributed by atoms with Gasteiger partial charge in [-0.15, -0.1) is 0 Å². The fraction of sp³-hybridized carbons (Fsp3) is 0.118. The third kappa shape index (κ3) is 3.23. The van der Waals surface area contributed by atoms with Crippen molar-refractivity contribution < 1.29 is 14.3 Å². The van der Waals surface area contributed by atoms with E-state index in [0.717, 1.165) is 5.39 Å². The third-order valence-corrected chi connectivity index (χ3v) is 3.68. The fourth-order valence-electron chi connectivity index (χ4n) is 2.27. The van der Waals surface area contributed by atoms with Gasteiger partial charge in [-0.25, -0.2) is 9.78 Å². The van der Waals surface area contributed by atoms with E-state index >= 15 is 0 Å². The smallest absolute Gasteiger partial charge is 0.338 e. The lowest BCUT2D eigenvalue weighted by molar-refractivity contribution is 0.0526. The first-order valence-corrected chi connectivity index (χ1v) is 7.68. The summed E-state index contributed by atoms with van der Waals surface area (Å²) in [6.07, 6.45) is 1.43. The van der Waals surface area contributed by atoms with E-state index in [2.05, 4.69) is 15.3 Å². The van der Waals surface area contributed by atoms with Crippen molar-refractivity contribution in [1.82, 2.24) is 9.97 Å². The summed E-state index contributed by atoms with van der Waals surface area (Å²) in [5.74, 6) is -0.584. The van der Waals surface area contributed by atoms with Crippen molar-refractivity contribution in [2.75, 3.05) is 11.9 Å². The molecule has 0 atom stereocenters. The highest BCUT2D eigenvalue weighted by molar-refractivity contribution is 6.35. The minimum atomic E-state index is -0.465. The van der Waals surface area contributed by atoms with E-state index in [4.69, 9.17) is 16.3 Å². The van der Waals surface area contributed by atoms with Crippen LogP contribution in [0.4, 0.5) is 5.82 Å². The Morgan fingerprint density at radius 1 is 1.29 bits per heavy atom. The number of hydrogen-bond donors (Lipinski definition) is 2. The Hall–Kier alpha value is -2.86. The number of anilines is 1. The molecule has 122 valence electrons. The molecule has 2 aromatic heterocycles. The Balaban J connectivity index is 1.82. The molecule has 0 aliphatic heterocycles. The molecule has 0 aliphatic rings. The predicted octanol–water partition coefficient (Wildman–Crippen LogP) is 3.65. The highest BCUT2D eigenvalue weighted by Gasteiger charge is 2.13. The van der Waals surface area contributed by atoms with Crippen molar-refractivity contribution in [1.29, 1.82) is 0 Å². The number of carbonyl (C=O) groups excluding carboxylic acids is 2. The van der Waals surface area contributed by atoms with Gasteiger partial charge in [-0.05, 0) is 31.2 Å². The maximum absolute atomic E-state index is 12.4. The Kier molecular flexibility index (Phi) is 4.48. The molecule has 0 radical (unpaired) electrons. The first-order chi connectivity index (χ1) is 11.6. The minimum absolute atomic E-state index is 0.260. The van der Waals surface area contributed by atoms with E-state index in [1.165, 1.54) is 18.3 Å². The van der Waals surface area contributed by atoms with Crippen molar-refractivity contribution in [2.45, 2.75) is 6.92 Å². The van der Waals surface area contributed by atoms with Crippen molar-refractivity contribution in [3.63, 3.8) is 0 Å². The van der Waals surface area contributed by atoms with Crippen LogP contribution in [0.3, 0.4) is 0 Å². The van der Waals surface area contributed by atoms with Crippen LogP contribution in [0.15, 0.2) is 42.6 Å². The summed E-state index contributed by atoms with van der Waals surface area (Å²) in [5, 5.41) is 4.01. The molecule has 3 rings (SSSR count). The van der Waals surface area contributed by atoms with Gasteiger partial charge in [0.2, 0.25) is 0 Å². The number of carbonyl (C=O) groups is 2. The first kappa shape index (κ1) is 16.0. The zero-order valence-electron chi connectivity index (χ0n) is 12.8. The third-order valence-electron chi connectivity index (χ3n) is 3.36. The van der Waals surface area contributed by atoms with E-state index in [-0.39, 0.29) is 18.3 Å². The summed E-state index contributed by atoms with van der Waals surface area (Å²) in [5.41, 5.74) is 1.36. The molecule has 0 spiro atoms. The topological polar surface area (TPSA) is 84.1 Å². The van der Waals surface area contributed by atoms with Crippen molar-refractivity contribution in [2.24, 2.45) is 0 Å². The highest BCUT2D eigenvalue weighted by Crippen LogP contribution is 2.23. The van der Waals surface area contributed by atoms with Gasteiger partial charge >= 0.3 is 5.97 Å².